The monoisotopic (exact) mass is 85.1 g/mol. The predicted molar refractivity (Wildman–Crippen MR) is 25.3 cm³/mol. The normalized spacial score (nSPS) is 7.83. The SMILES string of the molecule is CC(=O)[C+](C)C. The van der Waals surface area contributed by atoms with Gasteiger partial charge in [0.05, 0.1) is 13.8 Å². The van der Waals surface area contributed by atoms with Crippen LogP contribution >= 0.6 is 0 Å². The van der Waals surface area contributed by atoms with Gasteiger partial charge in [0.25, 0.3) is 0 Å². The summed E-state index contributed by atoms with van der Waals surface area (Å²) < 4.78 is 0. The van der Waals surface area contributed by atoms with E-state index in [0.29, 0.717) is 0 Å². The second-order valence-corrected chi connectivity index (χ2v) is 1.56. The molecule has 0 aliphatic carbocycles. The van der Waals surface area contributed by atoms with Crippen molar-refractivity contribution in [2.45, 2.75) is 20.8 Å². The standard InChI is InChI=1S/C5H9O/c1-4(2)5(3)6/h1-3H3/q+1. The van der Waals surface area contributed by atoms with Crippen LogP contribution in [0.1, 0.15) is 20.8 Å². The van der Waals surface area contributed by atoms with Crippen LogP contribution in [0.3, 0.4) is 0 Å². The average Bonchev–Trinajstić information content (AvgIpc) is 1.36. The molecule has 0 amide bonds. The first kappa shape index (κ1) is 5.54. The van der Waals surface area contributed by atoms with Crippen molar-refractivity contribution in [1.82, 2.24) is 0 Å². The van der Waals surface area contributed by atoms with Crippen LogP contribution in [-0.4, -0.2) is 5.78 Å². The Kier molecular flexibility index (Phi) is 1.71. The number of hydrogen-bond donors (Lipinski definition) is 0. The molecule has 0 aromatic carbocycles. The minimum atomic E-state index is 0.176. The molecule has 1 heteroatoms. The third-order valence-electron chi connectivity index (χ3n) is 0.704. The summed E-state index contributed by atoms with van der Waals surface area (Å²) in [5, 5.41) is 0. The van der Waals surface area contributed by atoms with E-state index in [-0.39, 0.29) is 5.78 Å². The largest absolute Gasteiger partial charge is 0.304 e. The number of ketones is 1. The molecule has 0 aromatic heterocycles. The number of carbonyl (C=O) groups excluding carboxylic acids is 1. The Hall–Kier alpha value is -0.460. The van der Waals surface area contributed by atoms with Gasteiger partial charge in [-0.1, -0.05) is 0 Å². The highest BCUT2D eigenvalue weighted by Crippen LogP contribution is 1.92. The van der Waals surface area contributed by atoms with Gasteiger partial charge in [-0.3, -0.25) is 0 Å². The summed E-state index contributed by atoms with van der Waals surface area (Å²) in [5.74, 6) is 1.05. The Bertz CT molecular complexity index is 55.0. The van der Waals surface area contributed by atoms with E-state index < -0.39 is 0 Å². The molecule has 0 aromatic rings. The molecule has 1 nitrogen and oxygen atoms in total. The van der Waals surface area contributed by atoms with Gasteiger partial charge in [-0.25, -0.2) is 4.79 Å². The molecule has 0 heterocycles. The second-order valence-electron chi connectivity index (χ2n) is 1.56. The molecule has 0 unspecified atom stereocenters. The average molecular weight is 85.1 g/mol. The molecule has 0 rings (SSSR count). The molecular weight excluding hydrogens is 76.1 g/mol. The Morgan fingerprint density at radius 3 is 1.67 bits per heavy atom. The fourth-order valence-corrected chi connectivity index (χ4v) is 0. The molecule has 0 bridgehead atoms. The zero-order chi connectivity index (χ0) is 5.15. The smallest absolute Gasteiger partial charge is 0.244 e. The molecule has 0 aliphatic heterocycles. The maximum Gasteiger partial charge on any atom is 0.304 e. The summed E-state index contributed by atoms with van der Waals surface area (Å²) in [5.41, 5.74) is 0. The van der Waals surface area contributed by atoms with Crippen molar-refractivity contribution >= 4 is 5.78 Å². The molecule has 0 aliphatic rings. The van der Waals surface area contributed by atoms with Crippen molar-refractivity contribution in [3.8, 4) is 0 Å². The van der Waals surface area contributed by atoms with Crippen molar-refractivity contribution in [3.05, 3.63) is 5.92 Å². The van der Waals surface area contributed by atoms with Gasteiger partial charge in [0.15, 0.2) is 5.92 Å². The van der Waals surface area contributed by atoms with Crippen molar-refractivity contribution in [1.29, 1.82) is 0 Å². The minimum Gasteiger partial charge on any atom is -0.244 e. The van der Waals surface area contributed by atoms with E-state index in [2.05, 4.69) is 0 Å². The van der Waals surface area contributed by atoms with Gasteiger partial charge in [0.2, 0.25) is 0 Å². The molecule has 0 atom stereocenters. The molecular formula is C5H9O+. The lowest BCUT2D eigenvalue weighted by molar-refractivity contribution is -0.115. The van der Waals surface area contributed by atoms with Crippen LogP contribution in [0.5, 0.6) is 0 Å². The molecule has 0 fully saturated rings. The lowest BCUT2D eigenvalue weighted by Crippen LogP contribution is -1.95. The van der Waals surface area contributed by atoms with E-state index in [9.17, 15) is 4.79 Å². The number of Topliss-reactive ketones (excluding diaryl/α,β-unsaturated/α-hetero) is 1. The van der Waals surface area contributed by atoms with E-state index >= 15 is 0 Å². The highest BCUT2D eigenvalue weighted by atomic mass is 16.1. The van der Waals surface area contributed by atoms with Crippen LogP contribution < -0.4 is 0 Å². The maximum atomic E-state index is 10.1. The van der Waals surface area contributed by atoms with Gasteiger partial charge in [-0.05, 0) is 0 Å². The Labute approximate surface area is 38.4 Å². The fourth-order valence-electron chi connectivity index (χ4n) is 0. The lowest BCUT2D eigenvalue weighted by Gasteiger charge is -1.76. The summed E-state index contributed by atoms with van der Waals surface area (Å²) in [6.45, 7) is 5.18. The van der Waals surface area contributed by atoms with E-state index in [1.807, 2.05) is 13.8 Å². The van der Waals surface area contributed by atoms with Gasteiger partial charge in [-0.15, -0.1) is 0 Å². The summed E-state index contributed by atoms with van der Waals surface area (Å²) in [4.78, 5) is 10.1. The predicted octanol–water partition coefficient (Wildman–Crippen LogP) is 1.19. The van der Waals surface area contributed by atoms with E-state index in [1.165, 1.54) is 0 Å². The summed E-state index contributed by atoms with van der Waals surface area (Å²) in [6, 6.07) is 0. The van der Waals surface area contributed by atoms with Crippen molar-refractivity contribution in [2.75, 3.05) is 0 Å². The minimum absolute atomic E-state index is 0.176. The molecule has 6 heavy (non-hydrogen) atoms. The van der Waals surface area contributed by atoms with Crippen LogP contribution in [0.4, 0.5) is 0 Å². The van der Waals surface area contributed by atoms with Crippen LogP contribution in [0, 0.1) is 5.92 Å². The highest BCUT2D eigenvalue weighted by molar-refractivity contribution is 5.88. The van der Waals surface area contributed by atoms with Gasteiger partial charge in [-0.2, -0.15) is 0 Å². The van der Waals surface area contributed by atoms with Gasteiger partial charge in [0.1, 0.15) is 0 Å². The van der Waals surface area contributed by atoms with E-state index in [0.717, 1.165) is 5.92 Å². The Balaban J connectivity index is 3.26. The van der Waals surface area contributed by atoms with Crippen LogP contribution in [0.15, 0.2) is 0 Å². The first-order chi connectivity index (χ1) is 2.64. The maximum absolute atomic E-state index is 10.1. The molecule has 0 spiro atoms. The topological polar surface area (TPSA) is 17.1 Å². The zero-order valence-electron chi connectivity index (χ0n) is 4.41. The van der Waals surface area contributed by atoms with Crippen molar-refractivity contribution < 1.29 is 4.79 Å². The Morgan fingerprint density at radius 1 is 1.50 bits per heavy atom. The van der Waals surface area contributed by atoms with Crippen LogP contribution in [-0.2, 0) is 4.79 Å². The van der Waals surface area contributed by atoms with Gasteiger partial charge < -0.3 is 0 Å². The molecule has 34 valence electrons. The van der Waals surface area contributed by atoms with E-state index in [1.54, 1.807) is 6.92 Å². The first-order valence-electron chi connectivity index (χ1n) is 1.95. The Morgan fingerprint density at radius 2 is 1.67 bits per heavy atom. The third-order valence-corrected chi connectivity index (χ3v) is 0.704. The molecule has 0 radical (unpaired) electrons. The van der Waals surface area contributed by atoms with Crippen LogP contribution in [0.25, 0.3) is 0 Å². The van der Waals surface area contributed by atoms with Gasteiger partial charge >= 0.3 is 5.78 Å². The fraction of sp³-hybridized carbons (Fsp3) is 0.600. The third kappa shape index (κ3) is 1.82. The molecule has 0 N–H and O–H groups in total. The number of carbonyl (C=O) groups is 1. The first-order valence-corrected chi connectivity index (χ1v) is 1.95. The van der Waals surface area contributed by atoms with E-state index in [4.69, 9.17) is 0 Å². The summed E-state index contributed by atoms with van der Waals surface area (Å²) in [6.07, 6.45) is 0. The second kappa shape index (κ2) is 1.85. The molecule has 0 saturated heterocycles. The lowest BCUT2D eigenvalue weighted by atomic mass is 10.1. The number of hydrogen-bond acceptors (Lipinski definition) is 1. The summed E-state index contributed by atoms with van der Waals surface area (Å²) in [7, 11) is 0. The molecule has 0 saturated carbocycles. The number of rotatable bonds is 1. The van der Waals surface area contributed by atoms with Crippen LogP contribution in [0.2, 0.25) is 0 Å². The quantitative estimate of drug-likeness (QED) is 0.437. The van der Waals surface area contributed by atoms with Crippen molar-refractivity contribution in [3.63, 3.8) is 0 Å². The zero-order valence-corrected chi connectivity index (χ0v) is 4.41. The summed E-state index contributed by atoms with van der Waals surface area (Å²) >= 11 is 0. The van der Waals surface area contributed by atoms with Crippen molar-refractivity contribution in [2.24, 2.45) is 0 Å². The highest BCUT2D eigenvalue weighted by Gasteiger charge is 2.09. The van der Waals surface area contributed by atoms with Gasteiger partial charge in [0, 0.05) is 6.92 Å².